The molecule has 0 saturated heterocycles. The molecule has 0 rings (SSSR count). The minimum absolute atomic E-state index is 1.18. The Kier molecular flexibility index (Phi) is 3.40. The van der Waals surface area contributed by atoms with Crippen LogP contribution in [0.2, 0.25) is 0 Å². The van der Waals surface area contributed by atoms with E-state index < -0.39 is 0 Å². The van der Waals surface area contributed by atoms with Gasteiger partial charge in [0.2, 0.25) is 0 Å². The van der Waals surface area contributed by atoms with Crippen LogP contribution in [0.1, 0.15) is 6.92 Å². The fourth-order valence-corrected chi connectivity index (χ4v) is 0. The molecule has 0 aromatic rings. The first-order valence-corrected chi connectivity index (χ1v) is 2.60. The summed E-state index contributed by atoms with van der Waals surface area (Å²) in [5.41, 5.74) is 0. The second kappa shape index (κ2) is 3.22. The van der Waals surface area contributed by atoms with Crippen molar-refractivity contribution in [2.45, 2.75) is 6.92 Å². The number of hydrogen-bond donors (Lipinski definition) is 1. The lowest BCUT2D eigenvalue weighted by atomic mass is 11.0. The van der Waals surface area contributed by atoms with E-state index >= 15 is 0 Å². The third-order valence-corrected chi connectivity index (χ3v) is 0.671. The van der Waals surface area contributed by atoms with Crippen LogP contribution < -0.4 is 0 Å². The Morgan fingerprint density at radius 3 is 2.25 bits per heavy atom. The van der Waals surface area contributed by atoms with E-state index in [1.54, 1.807) is 0 Å². The lowest BCUT2D eigenvalue weighted by Gasteiger charge is -1.60. The third kappa shape index (κ3) is 2.22. The van der Waals surface area contributed by atoms with Crippen molar-refractivity contribution < 1.29 is 0 Å². The number of hydrogen-bond acceptors (Lipinski definition) is 0. The van der Waals surface area contributed by atoms with Gasteiger partial charge in [-0.1, -0.05) is 12.8 Å². The minimum Gasteiger partial charge on any atom is -0.208 e. The van der Waals surface area contributed by atoms with Gasteiger partial charge < -0.3 is 0 Å². The monoisotopic (exact) mass is 76.0 g/mol. The van der Waals surface area contributed by atoms with Gasteiger partial charge in [-0.05, 0) is 5.75 Å². The van der Waals surface area contributed by atoms with Crippen molar-refractivity contribution in [3.8, 4) is 0 Å². The predicted molar refractivity (Wildman–Crippen MR) is 26.6 cm³/mol. The van der Waals surface area contributed by atoms with Crippen LogP contribution >= 0.6 is 11.4 Å². The summed E-state index contributed by atoms with van der Waals surface area (Å²) in [6.07, 6.45) is 0. The van der Waals surface area contributed by atoms with E-state index in [-0.39, 0.29) is 0 Å². The Morgan fingerprint density at radius 1 is 2.00 bits per heavy atom. The van der Waals surface area contributed by atoms with Gasteiger partial charge in [-0.25, -0.2) is 11.4 Å². The summed E-state index contributed by atoms with van der Waals surface area (Å²) < 4.78 is 0. The Bertz CT molecular complexity index is 17.2. The zero-order chi connectivity index (χ0) is 3.41. The molecule has 0 N–H and O–H groups in total. The molecule has 0 spiro atoms. The fraction of sp³-hybridized carbons (Fsp3) is 0.667. The Hall–Kier alpha value is 0.220. The van der Waals surface area contributed by atoms with Crippen LogP contribution in [0.3, 0.4) is 0 Å². The largest absolute Gasteiger partial charge is 0.208 e. The van der Waals surface area contributed by atoms with Crippen molar-refractivity contribution >= 4 is 17.2 Å². The standard InChI is InChI=1S/C3H8S/c1-3-4-2/h4H,2-3H2,1H3. The zero-order valence-corrected chi connectivity index (χ0v) is 3.76. The molecule has 0 aromatic heterocycles. The summed E-state index contributed by atoms with van der Waals surface area (Å²) >= 11 is 1.25. The zero-order valence-electron chi connectivity index (χ0n) is 2.86. The van der Waals surface area contributed by atoms with Crippen molar-refractivity contribution in [1.29, 1.82) is 0 Å². The molecule has 0 fully saturated rings. The van der Waals surface area contributed by atoms with Crippen LogP contribution in [0.25, 0.3) is 0 Å². The van der Waals surface area contributed by atoms with Crippen LogP contribution in [-0.2, 0) is 0 Å². The molecule has 0 nitrogen and oxygen atoms in total. The van der Waals surface area contributed by atoms with E-state index in [0.717, 1.165) is 0 Å². The van der Waals surface area contributed by atoms with E-state index in [0.29, 0.717) is 0 Å². The van der Waals surface area contributed by atoms with E-state index in [2.05, 4.69) is 12.8 Å². The normalized spacial score (nSPS) is 7.25. The van der Waals surface area contributed by atoms with Gasteiger partial charge in [0, 0.05) is 0 Å². The molecule has 0 saturated carbocycles. The fourth-order valence-electron chi connectivity index (χ4n) is 0. The highest BCUT2D eigenvalue weighted by molar-refractivity contribution is 7.96. The molecule has 0 heterocycles. The average molecular weight is 76.2 g/mol. The van der Waals surface area contributed by atoms with E-state index in [4.69, 9.17) is 0 Å². The van der Waals surface area contributed by atoms with Gasteiger partial charge in [0.05, 0.1) is 0 Å². The Labute approximate surface area is 30.8 Å². The highest BCUT2D eigenvalue weighted by Gasteiger charge is 1.43. The van der Waals surface area contributed by atoms with Crippen LogP contribution in [0.5, 0.6) is 0 Å². The quantitative estimate of drug-likeness (QED) is 0.348. The number of rotatable bonds is 1. The van der Waals surface area contributed by atoms with Crippen molar-refractivity contribution in [2.75, 3.05) is 5.75 Å². The molecular weight excluding hydrogens is 68.1 g/mol. The maximum absolute atomic E-state index is 3.58. The molecule has 4 heavy (non-hydrogen) atoms. The summed E-state index contributed by atoms with van der Waals surface area (Å²) in [6.45, 7) is 2.11. The molecule has 0 atom stereocenters. The summed E-state index contributed by atoms with van der Waals surface area (Å²) in [6, 6.07) is 0. The molecular formula is C3H8S. The SMILES string of the molecule is C=[SH]CC. The van der Waals surface area contributed by atoms with Gasteiger partial charge in [-0.3, -0.25) is 0 Å². The Morgan fingerprint density at radius 2 is 2.25 bits per heavy atom. The van der Waals surface area contributed by atoms with Crippen molar-refractivity contribution in [3.63, 3.8) is 0 Å². The van der Waals surface area contributed by atoms with Gasteiger partial charge in [-0.15, -0.1) is 0 Å². The first-order chi connectivity index (χ1) is 1.91. The molecule has 0 aliphatic heterocycles. The molecule has 0 bridgehead atoms. The van der Waals surface area contributed by atoms with E-state index in [1.165, 1.54) is 17.1 Å². The van der Waals surface area contributed by atoms with Crippen LogP contribution in [0.4, 0.5) is 0 Å². The average Bonchev–Trinajstić information content (AvgIpc) is 1.37. The lowest BCUT2D eigenvalue weighted by Crippen LogP contribution is -1.44. The molecule has 26 valence electrons. The van der Waals surface area contributed by atoms with E-state index in [9.17, 15) is 0 Å². The van der Waals surface area contributed by atoms with Crippen LogP contribution in [-0.4, -0.2) is 11.6 Å². The highest BCUT2D eigenvalue weighted by atomic mass is 32.1. The molecule has 0 aliphatic rings. The summed E-state index contributed by atoms with van der Waals surface area (Å²) in [4.78, 5) is 0. The predicted octanol–water partition coefficient (Wildman–Crippen LogP) is 0.904. The lowest BCUT2D eigenvalue weighted by molar-refractivity contribution is 1.54. The number of thiol groups is 1. The summed E-state index contributed by atoms with van der Waals surface area (Å²) in [5.74, 6) is 4.76. The van der Waals surface area contributed by atoms with Crippen molar-refractivity contribution in [2.24, 2.45) is 0 Å². The van der Waals surface area contributed by atoms with Crippen LogP contribution in [0.15, 0.2) is 0 Å². The second-order valence-electron chi connectivity index (χ2n) is 0.540. The van der Waals surface area contributed by atoms with Gasteiger partial charge in [-0.2, -0.15) is 0 Å². The van der Waals surface area contributed by atoms with Crippen molar-refractivity contribution in [3.05, 3.63) is 0 Å². The maximum Gasteiger partial charge on any atom is -0.0179 e. The Balaban J connectivity index is 2.30. The van der Waals surface area contributed by atoms with Crippen molar-refractivity contribution in [1.82, 2.24) is 0 Å². The molecule has 1 heteroatoms. The topological polar surface area (TPSA) is 0 Å². The summed E-state index contributed by atoms with van der Waals surface area (Å²) in [5, 5.41) is 0. The maximum atomic E-state index is 3.58. The van der Waals surface area contributed by atoms with Gasteiger partial charge in [0.15, 0.2) is 0 Å². The van der Waals surface area contributed by atoms with Crippen LogP contribution in [0, 0.1) is 0 Å². The van der Waals surface area contributed by atoms with Gasteiger partial charge >= 0.3 is 0 Å². The first-order valence-electron chi connectivity index (χ1n) is 1.34. The minimum atomic E-state index is 1.18. The molecule has 0 aliphatic carbocycles. The molecule has 0 unspecified atom stereocenters. The van der Waals surface area contributed by atoms with Gasteiger partial charge in [0.1, 0.15) is 0 Å². The third-order valence-electron chi connectivity index (χ3n) is 0.224. The highest BCUT2D eigenvalue weighted by Crippen LogP contribution is 1.70. The van der Waals surface area contributed by atoms with E-state index in [1.807, 2.05) is 0 Å². The summed E-state index contributed by atoms with van der Waals surface area (Å²) in [7, 11) is 0. The smallest absolute Gasteiger partial charge is 0.0179 e. The molecule has 0 amide bonds. The van der Waals surface area contributed by atoms with Gasteiger partial charge in [0.25, 0.3) is 0 Å². The second-order valence-corrected chi connectivity index (χ2v) is 1.62. The molecule has 0 aromatic carbocycles. The first kappa shape index (κ1) is 4.22. The molecule has 0 radical (unpaired) electrons.